The Balaban J connectivity index is 1.86. The number of nitrogens with one attached hydrogen (secondary N) is 1. The van der Waals surface area contributed by atoms with Gasteiger partial charge in [0.1, 0.15) is 6.07 Å². The van der Waals surface area contributed by atoms with Crippen molar-refractivity contribution in [1.29, 1.82) is 5.26 Å². The summed E-state index contributed by atoms with van der Waals surface area (Å²) in [5.41, 5.74) is 1.90. The fraction of sp³-hybridized carbons (Fsp3) is 0.500. The molecule has 0 aromatic heterocycles. The molecule has 2 unspecified atom stereocenters. The van der Waals surface area contributed by atoms with E-state index in [0.717, 1.165) is 30.3 Å². The molecule has 1 aromatic carbocycles. The Morgan fingerprint density at radius 1 is 1.35 bits per heavy atom. The summed E-state index contributed by atoms with van der Waals surface area (Å²) in [4.78, 5) is 2.37. The molecule has 0 spiro atoms. The van der Waals surface area contributed by atoms with E-state index in [-0.39, 0.29) is 0 Å². The molecule has 1 N–H and O–H groups in total. The van der Waals surface area contributed by atoms with E-state index in [1.807, 2.05) is 18.2 Å². The molecule has 3 rings (SSSR count). The predicted octanol–water partition coefficient (Wildman–Crippen LogP) is 1.75. The van der Waals surface area contributed by atoms with E-state index >= 15 is 0 Å². The minimum Gasteiger partial charge on any atom is -0.369 e. The van der Waals surface area contributed by atoms with Crippen LogP contribution in [0, 0.1) is 17.2 Å². The third-order valence-electron chi connectivity index (χ3n) is 3.93. The second kappa shape index (κ2) is 4.38. The number of rotatable bonds is 1. The van der Waals surface area contributed by atoms with Crippen molar-refractivity contribution >= 4 is 5.69 Å². The van der Waals surface area contributed by atoms with Crippen molar-refractivity contribution in [2.24, 2.45) is 5.92 Å². The van der Waals surface area contributed by atoms with Crippen molar-refractivity contribution in [1.82, 2.24) is 5.32 Å². The fourth-order valence-corrected chi connectivity index (χ4v) is 3.02. The molecule has 2 heterocycles. The molecule has 17 heavy (non-hydrogen) atoms. The van der Waals surface area contributed by atoms with Crippen LogP contribution in [0.1, 0.15) is 18.4 Å². The molecule has 1 aromatic rings. The normalized spacial score (nSPS) is 27.6. The third-order valence-corrected chi connectivity index (χ3v) is 3.93. The van der Waals surface area contributed by atoms with E-state index in [0.29, 0.717) is 6.04 Å². The summed E-state index contributed by atoms with van der Waals surface area (Å²) < 4.78 is 0. The van der Waals surface area contributed by atoms with Crippen molar-refractivity contribution in [3.8, 4) is 6.07 Å². The van der Waals surface area contributed by atoms with Gasteiger partial charge in [0.25, 0.3) is 0 Å². The van der Waals surface area contributed by atoms with Crippen LogP contribution in [-0.4, -0.2) is 25.7 Å². The molecule has 0 aliphatic carbocycles. The van der Waals surface area contributed by atoms with Crippen molar-refractivity contribution in [3.05, 3.63) is 29.8 Å². The van der Waals surface area contributed by atoms with Crippen LogP contribution in [0.3, 0.4) is 0 Å². The molecule has 88 valence electrons. The number of anilines is 1. The van der Waals surface area contributed by atoms with Gasteiger partial charge < -0.3 is 10.2 Å². The van der Waals surface area contributed by atoms with Gasteiger partial charge in [0.15, 0.2) is 0 Å². The van der Waals surface area contributed by atoms with Crippen LogP contribution >= 0.6 is 0 Å². The molecule has 3 heteroatoms. The lowest BCUT2D eigenvalue weighted by atomic mass is 10.0. The Kier molecular flexibility index (Phi) is 2.74. The second-order valence-corrected chi connectivity index (χ2v) is 5.07. The summed E-state index contributed by atoms with van der Waals surface area (Å²) in [7, 11) is 0. The summed E-state index contributed by atoms with van der Waals surface area (Å²) in [6, 6.07) is 10.8. The van der Waals surface area contributed by atoms with Crippen LogP contribution < -0.4 is 10.2 Å². The molecule has 0 saturated carbocycles. The molecule has 3 nitrogen and oxygen atoms in total. The van der Waals surface area contributed by atoms with Crippen LogP contribution in [0.15, 0.2) is 24.3 Å². The van der Waals surface area contributed by atoms with Crippen LogP contribution in [0.4, 0.5) is 5.69 Å². The number of para-hydroxylation sites is 1. The lowest BCUT2D eigenvalue weighted by Crippen LogP contribution is -2.39. The maximum atomic E-state index is 9.16. The second-order valence-electron chi connectivity index (χ2n) is 5.07. The van der Waals surface area contributed by atoms with Crippen LogP contribution in [-0.2, 0) is 0 Å². The van der Waals surface area contributed by atoms with E-state index < -0.39 is 0 Å². The van der Waals surface area contributed by atoms with Gasteiger partial charge in [-0.2, -0.15) is 5.26 Å². The first kappa shape index (κ1) is 10.6. The van der Waals surface area contributed by atoms with Gasteiger partial charge in [-0.25, -0.2) is 0 Å². The average molecular weight is 227 g/mol. The maximum absolute atomic E-state index is 9.16. The van der Waals surface area contributed by atoms with Gasteiger partial charge in [-0.1, -0.05) is 12.1 Å². The zero-order valence-corrected chi connectivity index (χ0v) is 9.89. The Morgan fingerprint density at radius 3 is 3.12 bits per heavy atom. The SMILES string of the molecule is N#Cc1ccccc1N1CCC2CNC(C2)C1. The molecule has 0 amide bonds. The van der Waals surface area contributed by atoms with Crippen LogP contribution in [0.25, 0.3) is 0 Å². The highest BCUT2D eigenvalue weighted by Crippen LogP contribution is 2.28. The lowest BCUT2D eigenvalue weighted by molar-refractivity contribution is 0.539. The van der Waals surface area contributed by atoms with E-state index in [1.165, 1.54) is 19.4 Å². The monoisotopic (exact) mass is 227 g/mol. The lowest BCUT2D eigenvalue weighted by Gasteiger charge is -2.28. The molecule has 2 saturated heterocycles. The summed E-state index contributed by atoms with van der Waals surface area (Å²) in [5.74, 6) is 0.833. The number of nitrogens with zero attached hydrogens (tertiary/aromatic N) is 2. The standard InChI is InChI=1S/C14H17N3/c15-8-12-3-1-2-4-14(12)17-6-5-11-7-13(10-17)16-9-11/h1-4,11,13,16H,5-7,9-10H2. The molecule has 2 fully saturated rings. The van der Waals surface area contributed by atoms with Crippen molar-refractivity contribution in [2.75, 3.05) is 24.5 Å². The fourth-order valence-electron chi connectivity index (χ4n) is 3.02. The van der Waals surface area contributed by atoms with Gasteiger partial charge in [-0.15, -0.1) is 0 Å². The topological polar surface area (TPSA) is 39.1 Å². The number of benzene rings is 1. The molecule has 2 aliphatic rings. The van der Waals surface area contributed by atoms with Crippen LogP contribution in [0.5, 0.6) is 0 Å². The van der Waals surface area contributed by atoms with Gasteiger partial charge in [0.2, 0.25) is 0 Å². The van der Waals surface area contributed by atoms with E-state index in [1.54, 1.807) is 0 Å². The number of fused-ring (bicyclic) bond motifs is 2. The Hall–Kier alpha value is -1.53. The summed E-state index contributed by atoms with van der Waals surface area (Å²) in [6.45, 7) is 3.30. The van der Waals surface area contributed by atoms with Gasteiger partial charge in [-0.3, -0.25) is 0 Å². The van der Waals surface area contributed by atoms with E-state index in [2.05, 4.69) is 22.4 Å². The first-order chi connectivity index (χ1) is 8.36. The number of nitriles is 1. The molecule has 2 aliphatic heterocycles. The highest BCUT2D eigenvalue weighted by atomic mass is 15.2. The van der Waals surface area contributed by atoms with Crippen molar-refractivity contribution in [2.45, 2.75) is 18.9 Å². The number of hydrogen-bond donors (Lipinski definition) is 1. The summed E-state index contributed by atoms with van der Waals surface area (Å²) in [6.07, 6.45) is 2.54. The average Bonchev–Trinajstić information content (AvgIpc) is 2.69. The molecule has 2 bridgehead atoms. The number of hydrogen-bond acceptors (Lipinski definition) is 3. The molecular weight excluding hydrogens is 210 g/mol. The summed E-state index contributed by atoms with van der Waals surface area (Å²) >= 11 is 0. The largest absolute Gasteiger partial charge is 0.369 e. The minimum absolute atomic E-state index is 0.606. The van der Waals surface area contributed by atoms with Gasteiger partial charge in [0, 0.05) is 19.1 Å². The highest BCUT2D eigenvalue weighted by Gasteiger charge is 2.30. The van der Waals surface area contributed by atoms with E-state index in [9.17, 15) is 0 Å². The van der Waals surface area contributed by atoms with Gasteiger partial charge in [-0.05, 0) is 37.4 Å². The predicted molar refractivity (Wildman–Crippen MR) is 67.9 cm³/mol. The Bertz CT molecular complexity index is 449. The Labute approximate surface area is 102 Å². The zero-order chi connectivity index (χ0) is 11.7. The van der Waals surface area contributed by atoms with Gasteiger partial charge >= 0.3 is 0 Å². The molecular formula is C14H17N3. The minimum atomic E-state index is 0.606. The van der Waals surface area contributed by atoms with Crippen molar-refractivity contribution < 1.29 is 0 Å². The third kappa shape index (κ3) is 2.01. The highest BCUT2D eigenvalue weighted by molar-refractivity contribution is 5.59. The Morgan fingerprint density at radius 2 is 2.24 bits per heavy atom. The van der Waals surface area contributed by atoms with E-state index in [4.69, 9.17) is 5.26 Å². The van der Waals surface area contributed by atoms with Crippen molar-refractivity contribution in [3.63, 3.8) is 0 Å². The van der Waals surface area contributed by atoms with Crippen LogP contribution in [0.2, 0.25) is 0 Å². The first-order valence-electron chi connectivity index (χ1n) is 6.34. The quantitative estimate of drug-likeness (QED) is 0.794. The maximum Gasteiger partial charge on any atom is 0.101 e. The van der Waals surface area contributed by atoms with Gasteiger partial charge in [0.05, 0.1) is 11.3 Å². The molecule has 0 radical (unpaired) electrons. The first-order valence-corrected chi connectivity index (χ1v) is 6.34. The smallest absolute Gasteiger partial charge is 0.101 e. The molecule has 2 atom stereocenters. The zero-order valence-electron chi connectivity index (χ0n) is 9.89. The summed E-state index contributed by atoms with van der Waals surface area (Å²) in [5, 5.41) is 12.7.